The Kier molecular flexibility index (Phi) is 9.64. The van der Waals surface area contributed by atoms with Gasteiger partial charge in [-0.3, -0.25) is 10.2 Å². The lowest BCUT2D eigenvalue weighted by Crippen LogP contribution is -2.35. The summed E-state index contributed by atoms with van der Waals surface area (Å²) in [7, 11) is 0. The quantitative estimate of drug-likeness (QED) is 0.253. The zero-order valence-electron chi connectivity index (χ0n) is 16.9. The number of anilines is 1. The van der Waals surface area contributed by atoms with Crippen molar-refractivity contribution >= 4 is 35.8 Å². The Balaban J connectivity index is 0.00000450. The minimum Gasteiger partial charge on any atom is -0.548 e. The summed E-state index contributed by atoms with van der Waals surface area (Å²) < 4.78 is 5.72. The van der Waals surface area contributed by atoms with Crippen LogP contribution < -0.4 is 26.2 Å². The molecule has 2 aromatic rings. The minimum atomic E-state index is -1.30. The van der Waals surface area contributed by atoms with E-state index in [0.29, 0.717) is 29.1 Å². The van der Waals surface area contributed by atoms with Gasteiger partial charge in [0.05, 0.1) is 18.6 Å². The normalized spacial score (nSPS) is 11.0. The average molecular weight is 434 g/mol. The van der Waals surface area contributed by atoms with Crippen molar-refractivity contribution in [3.05, 3.63) is 59.2 Å². The van der Waals surface area contributed by atoms with Crippen LogP contribution in [0.5, 0.6) is 5.75 Å². The highest BCUT2D eigenvalue weighted by atomic mass is 35.5. The number of carbonyl (C=O) groups excluding carboxylic acids is 2. The molecule has 0 bridgehead atoms. The number of carboxylic acids is 1. The lowest BCUT2D eigenvalue weighted by atomic mass is 10.0. The number of nitrogen functional groups attached to an aromatic ring is 1. The van der Waals surface area contributed by atoms with E-state index in [4.69, 9.17) is 15.9 Å². The highest BCUT2D eigenvalue weighted by Crippen LogP contribution is 2.29. The predicted molar refractivity (Wildman–Crippen MR) is 116 cm³/mol. The Bertz CT molecular complexity index is 887. The van der Waals surface area contributed by atoms with Crippen LogP contribution in [0.1, 0.15) is 36.6 Å². The van der Waals surface area contributed by atoms with E-state index in [9.17, 15) is 14.7 Å². The third kappa shape index (κ3) is 6.97. The average Bonchev–Trinajstić information content (AvgIpc) is 2.69. The number of nitrogens with one attached hydrogen (secondary N) is 3. The minimum absolute atomic E-state index is 0. The van der Waals surface area contributed by atoms with Crippen LogP contribution in [0.15, 0.2) is 42.5 Å². The number of amidine groups is 1. The lowest BCUT2D eigenvalue weighted by Gasteiger charge is -2.24. The molecule has 2 rings (SSSR count). The molecule has 0 fully saturated rings. The predicted octanol–water partition coefficient (Wildman–Crippen LogP) is 1.37. The maximum absolute atomic E-state index is 11.9. The van der Waals surface area contributed by atoms with Crippen molar-refractivity contribution in [2.75, 3.05) is 18.5 Å². The molecule has 1 unspecified atom stereocenters. The van der Waals surface area contributed by atoms with Gasteiger partial charge in [-0.1, -0.05) is 13.0 Å². The fourth-order valence-electron chi connectivity index (χ4n) is 2.74. The number of rotatable bonds is 10. The molecule has 0 aliphatic heterocycles. The Morgan fingerprint density at radius 2 is 1.87 bits per heavy atom. The molecule has 0 saturated heterocycles. The number of carbonyl (C=O) groups is 2. The monoisotopic (exact) mass is 433 g/mol. The van der Waals surface area contributed by atoms with Gasteiger partial charge in [-0.15, -0.1) is 12.4 Å². The van der Waals surface area contributed by atoms with Crippen LogP contribution in [0, 0.1) is 5.41 Å². The molecule has 2 aromatic carbocycles. The molecule has 1 atom stereocenters. The Labute approximate surface area is 181 Å². The number of hydrogen-bond acceptors (Lipinski definition) is 6. The number of carboxylic acid groups (broad SMARTS) is 1. The summed E-state index contributed by atoms with van der Waals surface area (Å²) in [5, 5.41) is 24.9. The molecule has 8 nitrogen and oxygen atoms in total. The second kappa shape index (κ2) is 11.7. The lowest BCUT2D eigenvalue weighted by molar-refractivity contribution is -0.307. The van der Waals surface area contributed by atoms with Gasteiger partial charge in [-0.05, 0) is 48.4 Å². The van der Waals surface area contributed by atoms with Crippen molar-refractivity contribution in [1.82, 2.24) is 5.32 Å². The molecule has 0 aliphatic rings. The van der Waals surface area contributed by atoms with Crippen molar-refractivity contribution in [3.8, 4) is 5.75 Å². The van der Waals surface area contributed by atoms with Crippen molar-refractivity contribution in [3.63, 3.8) is 0 Å². The van der Waals surface area contributed by atoms with Crippen LogP contribution in [0.2, 0.25) is 0 Å². The van der Waals surface area contributed by atoms with Crippen molar-refractivity contribution in [1.29, 1.82) is 5.41 Å². The van der Waals surface area contributed by atoms with Crippen LogP contribution in [-0.2, 0) is 16.0 Å². The zero-order chi connectivity index (χ0) is 21.4. The summed E-state index contributed by atoms with van der Waals surface area (Å²) in [5.74, 6) is -1.15. The first-order chi connectivity index (χ1) is 13.8. The van der Waals surface area contributed by atoms with E-state index >= 15 is 0 Å². The summed E-state index contributed by atoms with van der Waals surface area (Å²) in [6.45, 7) is 3.89. The van der Waals surface area contributed by atoms with Gasteiger partial charge in [-0.2, -0.15) is 0 Å². The number of amides is 1. The topological polar surface area (TPSA) is 140 Å². The molecular weight excluding hydrogens is 408 g/mol. The summed E-state index contributed by atoms with van der Waals surface area (Å²) in [5.41, 5.74) is 7.91. The highest BCUT2D eigenvalue weighted by molar-refractivity contribution is 5.95. The molecule has 0 radical (unpaired) electrons. The molecule has 9 heteroatoms. The largest absolute Gasteiger partial charge is 0.548 e. The number of halogens is 1. The number of aliphatic carboxylic acids is 1. The van der Waals surface area contributed by atoms with Crippen LogP contribution in [0.4, 0.5) is 5.69 Å². The van der Waals surface area contributed by atoms with Gasteiger partial charge >= 0.3 is 0 Å². The Hall–Kier alpha value is -3.26. The van der Waals surface area contributed by atoms with E-state index in [1.54, 1.807) is 36.4 Å². The number of ether oxygens (including phenoxy) is 1. The van der Waals surface area contributed by atoms with Crippen LogP contribution in [0.3, 0.4) is 0 Å². The summed E-state index contributed by atoms with van der Waals surface area (Å²) in [6.07, 6.45) is 0.728. The second-order valence-corrected chi connectivity index (χ2v) is 6.44. The van der Waals surface area contributed by atoms with Gasteiger partial charge in [0.15, 0.2) is 0 Å². The fraction of sp³-hybridized carbons (Fsp3) is 0.286. The van der Waals surface area contributed by atoms with Gasteiger partial charge in [0.25, 0.3) is 0 Å². The van der Waals surface area contributed by atoms with Crippen LogP contribution in [-0.4, -0.2) is 30.9 Å². The van der Waals surface area contributed by atoms with E-state index in [1.807, 2.05) is 13.0 Å². The van der Waals surface area contributed by atoms with Gasteiger partial charge < -0.3 is 31.0 Å². The van der Waals surface area contributed by atoms with E-state index in [0.717, 1.165) is 12.0 Å². The Morgan fingerprint density at radius 3 is 2.40 bits per heavy atom. The molecule has 0 saturated carbocycles. The number of nitrogens with two attached hydrogens (primary N) is 1. The zero-order valence-corrected chi connectivity index (χ0v) is 17.7. The molecular formula is C21H26ClN4O4-. The smallest absolute Gasteiger partial charge is 0.216 e. The van der Waals surface area contributed by atoms with E-state index in [1.165, 1.54) is 6.92 Å². The van der Waals surface area contributed by atoms with Gasteiger partial charge in [0.2, 0.25) is 5.91 Å². The second-order valence-electron chi connectivity index (χ2n) is 6.44. The third-order valence-electron chi connectivity index (χ3n) is 4.27. The van der Waals surface area contributed by atoms with Gasteiger partial charge in [-0.25, -0.2) is 0 Å². The molecule has 0 heterocycles. The van der Waals surface area contributed by atoms with Crippen molar-refractivity contribution in [2.24, 2.45) is 5.73 Å². The summed E-state index contributed by atoms with van der Waals surface area (Å²) >= 11 is 0. The third-order valence-corrected chi connectivity index (χ3v) is 4.27. The van der Waals surface area contributed by atoms with Crippen LogP contribution in [0.25, 0.3) is 0 Å². The number of aryl methyl sites for hydroxylation is 1. The van der Waals surface area contributed by atoms with Crippen molar-refractivity contribution in [2.45, 2.75) is 26.3 Å². The van der Waals surface area contributed by atoms with E-state index in [-0.39, 0.29) is 30.8 Å². The molecule has 0 aromatic heterocycles. The van der Waals surface area contributed by atoms with E-state index < -0.39 is 12.0 Å². The molecule has 0 spiro atoms. The first-order valence-electron chi connectivity index (χ1n) is 9.23. The summed E-state index contributed by atoms with van der Waals surface area (Å²) in [6, 6.07) is 10.8. The van der Waals surface area contributed by atoms with Gasteiger partial charge in [0, 0.05) is 23.7 Å². The number of benzene rings is 2. The van der Waals surface area contributed by atoms with Gasteiger partial charge in [0.1, 0.15) is 18.2 Å². The first kappa shape index (κ1) is 24.8. The van der Waals surface area contributed by atoms with Crippen LogP contribution >= 0.6 is 12.4 Å². The maximum Gasteiger partial charge on any atom is 0.216 e. The maximum atomic E-state index is 11.9. The fourth-order valence-corrected chi connectivity index (χ4v) is 2.74. The SMILES string of the molecule is CCc1ccc(OCCNC(C)=O)c(C(Nc2ccc(C(=N)N)cc2)C(=O)[O-])c1.Cl. The first-order valence-corrected chi connectivity index (χ1v) is 9.23. The molecule has 5 N–H and O–H groups in total. The molecule has 30 heavy (non-hydrogen) atoms. The molecule has 0 aliphatic carbocycles. The van der Waals surface area contributed by atoms with Crippen molar-refractivity contribution < 1.29 is 19.4 Å². The Morgan fingerprint density at radius 1 is 1.20 bits per heavy atom. The standard InChI is InChI=1S/C21H26N4O4.ClH/c1-3-14-4-9-18(29-11-10-24-13(2)26)17(12-14)19(21(27)28)25-16-7-5-15(6-8-16)20(22)23;/h4-9,12,19,25H,3,10-11H2,1-2H3,(H3,22,23)(H,24,26)(H,27,28);1H/p-1. The number of hydrogen-bond donors (Lipinski definition) is 4. The molecule has 1 amide bonds. The van der Waals surface area contributed by atoms with E-state index in [2.05, 4.69) is 10.6 Å². The highest BCUT2D eigenvalue weighted by Gasteiger charge is 2.19. The molecule has 162 valence electrons. The summed E-state index contributed by atoms with van der Waals surface area (Å²) in [4.78, 5) is 22.9.